The first kappa shape index (κ1) is 38.5. The van der Waals surface area contributed by atoms with Crippen molar-refractivity contribution < 1.29 is 59.5 Å². The molecule has 296 valence electrons. The number of amides is 1. The van der Waals surface area contributed by atoms with E-state index in [4.69, 9.17) is 9.47 Å². The Labute approximate surface area is 331 Å². The predicted octanol–water partition coefficient (Wildman–Crippen LogP) is 6.99. The van der Waals surface area contributed by atoms with E-state index in [0.717, 1.165) is 10.5 Å². The Morgan fingerprint density at radius 3 is 2.18 bits per heavy atom. The van der Waals surface area contributed by atoms with Gasteiger partial charge in [0.05, 0.1) is 5.56 Å². The molecule has 5 aromatic carbocycles. The Morgan fingerprint density at radius 1 is 0.860 bits per heavy atom. The monoisotopic (exact) mass is 900 g/mol. The summed E-state index contributed by atoms with van der Waals surface area (Å²) in [6.07, 6.45) is -4.34. The van der Waals surface area contributed by atoms with Gasteiger partial charge in [-0.2, -0.15) is 0 Å². The number of carbonyl (C=O) groups is 2. The Kier molecular flexibility index (Phi) is 9.39. The SMILES string of the molecule is C[NH+](CCc1ccc(OC(F)(F)C(F)(F)I2[OH+]C(C)(C)c3ccccc32)cc1)CC(=O)Nc1ccc2c(c1)C1(OC2=O)c2ccc(O)cc2Oc2cc(O)ccc21. The van der Waals surface area contributed by atoms with Crippen molar-refractivity contribution >= 4 is 37.8 Å². The topological polar surface area (TPSA) is 132 Å². The number of halogens is 5. The van der Waals surface area contributed by atoms with E-state index >= 15 is 17.6 Å². The zero-order valence-corrected chi connectivity index (χ0v) is 32.9. The van der Waals surface area contributed by atoms with Crippen LogP contribution < -0.4 is 19.7 Å². The number of hydrogen-bond donors (Lipinski definition) is 4. The third-order valence-electron chi connectivity index (χ3n) is 10.1. The van der Waals surface area contributed by atoms with Crippen molar-refractivity contribution in [2.75, 3.05) is 25.5 Å². The third kappa shape index (κ3) is 6.70. The van der Waals surface area contributed by atoms with Crippen LogP contribution in [0.15, 0.2) is 103 Å². The summed E-state index contributed by atoms with van der Waals surface area (Å²) in [5.74, 6) is -1.04. The number of aliphatic hydroxyl groups is 1. The molecule has 0 fully saturated rings. The van der Waals surface area contributed by atoms with E-state index in [2.05, 4.69) is 13.1 Å². The molecule has 1 spiro atoms. The van der Waals surface area contributed by atoms with Crippen molar-refractivity contribution in [3.63, 3.8) is 0 Å². The number of nitrogens with one attached hydrogen (secondary N) is 2. The van der Waals surface area contributed by atoms with Gasteiger partial charge in [0.1, 0.15) is 23.0 Å². The van der Waals surface area contributed by atoms with E-state index in [1.54, 1.807) is 62.4 Å². The average Bonchev–Trinajstić information content (AvgIpc) is 3.60. The molecule has 0 saturated carbocycles. The molecule has 3 aliphatic heterocycles. The number of phenolic OH excluding ortho intramolecular Hbond substituents is 2. The fourth-order valence-electron chi connectivity index (χ4n) is 7.33. The van der Waals surface area contributed by atoms with E-state index in [1.807, 2.05) is 7.05 Å². The second kappa shape index (κ2) is 13.9. The first-order valence-corrected chi connectivity index (χ1v) is 21.0. The molecule has 5 N–H and O–H groups in total. The van der Waals surface area contributed by atoms with Gasteiger partial charge in [0.25, 0.3) is 0 Å². The first-order valence-electron chi connectivity index (χ1n) is 17.9. The number of likely N-dealkylation sites (N-methyl/N-ethyl adjacent to an activating group) is 1. The van der Waals surface area contributed by atoms with Gasteiger partial charge in [0.15, 0.2) is 5.60 Å². The summed E-state index contributed by atoms with van der Waals surface area (Å²) >= 11 is -4.07. The van der Waals surface area contributed by atoms with Crippen LogP contribution in [-0.2, 0) is 27.2 Å². The van der Waals surface area contributed by atoms with Crippen LogP contribution in [0.25, 0.3) is 0 Å². The number of benzene rings is 5. The Balaban J connectivity index is 0.911. The second-order valence-electron chi connectivity index (χ2n) is 14.6. The van der Waals surface area contributed by atoms with Crippen LogP contribution >= 0.6 is 20.2 Å². The Hall–Kier alpha value is -5.39. The van der Waals surface area contributed by atoms with Crippen molar-refractivity contribution in [3.05, 3.63) is 140 Å². The zero-order valence-electron chi connectivity index (χ0n) is 30.7. The first-order chi connectivity index (χ1) is 27.0. The molecule has 8 rings (SSSR count). The van der Waals surface area contributed by atoms with Crippen molar-refractivity contribution in [2.24, 2.45) is 0 Å². The quantitative estimate of drug-likeness (QED) is 0.0391. The van der Waals surface area contributed by atoms with E-state index in [-0.39, 0.29) is 44.6 Å². The van der Waals surface area contributed by atoms with E-state index in [0.29, 0.717) is 40.9 Å². The Morgan fingerprint density at radius 2 is 1.51 bits per heavy atom. The van der Waals surface area contributed by atoms with Crippen LogP contribution in [0.2, 0.25) is 0 Å². The van der Waals surface area contributed by atoms with Gasteiger partial charge in [-0.3, -0.25) is 4.79 Å². The molecular formula is C42H37F4IN2O8+2. The van der Waals surface area contributed by atoms with Crippen LogP contribution in [0.5, 0.6) is 28.7 Å². The maximum atomic E-state index is 15.5. The van der Waals surface area contributed by atoms with Gasteiger partial charge in [-0.25, -0.2) is 4.79 Å². The number of anilines is 1. The molecule has 0 radical (unpaired) electrons. The number of phenols is 2. The number of quaternary nitrogens is 1. The summed E-state index contributed by atoms with van der Waals surface area (Å²) in [5, 5.41) is 23.3. The summed E-state index contributed by atoms with van der Waals surface area (Å²) in [4.78, 5) is 27.3. The third-order valence-corrected chi connectivity index (χ3v) is 15.7. The van der Waals surface area contributed by atoms with Crippen molar-refractivity contribution in [1.82, 2.24) is 0 Å². The molecule has 0 aromatic heterocycles. The van der Waals surface area contributed by atoms with Gasteiger partial charge in [0, 0.05) is 34.5 Å². The summed E-state index contributed by atoms with van der Waals surface area (Å²) < 4.78 is 77.9. The fraction of sp³-hybridized carbons (Fsp3) is 0.238. The fourth-order valence-corrected chi connectivity index (χ4v) is 12.7. The van der Waals surface area contributed by atoms with E-state index < -0.39 is 53.2 Å². The summed E-state index contributed by atoms with van der Waals surface area (Å²) in [7, 11) is 1.81. The number of esters is 1. The van der Waals surface area contributed by atoms with E-state index in [1.165, 1.54) is 54.6 Å². The van der Waals surface area contributed by atoms with Gasteiger partial charge < -0.3 is 25.0 Å². The van der Waals surface area contributed by atoms with Gasteiger partial charge in [-0.05, 0) is 42.5 Å². The number of hydrogen-bond acceptors (Lipinski definition) is 7. The number of ether oxygens (including phenoxy) is 3. The summed E-state index contributed by atoms with van der Waals surface area (Å²) in [6.45, 7) is 3.80. The maximum absolute atomic E-state index is 15.5. The molecule has 0 saturated heterocycles. The van der Waals surface area contributed by atoms with Crippen molar-refractivity contribution in [1.29, 1.82) is 0 Å². The zero-order chi connectivity index (χ0) is 40.5. The van der Waals surface area contributed by atoms with Crippen LogP contribution in [0.3, 0.4) is 0 Å². The predicted molar refractivity (Wildman–Crippen MR) is 208 cm³/mol. The molecule has 1 amide bonds. The number of aromatic hydroxyl groups is 2. The van der Waals surface area contributed by atoms with Gasteiger partial charge in [-0.15, -0.1) is 0 Å². The summed E-state index contributed by atoms with van der Waals surface area (Å²) in [5.41, 5.74) is 0.762. The standard InChI is InChI=1S/C42H35F4IN2O8/c1-39(2)30-6-4-5-7-34(30)47(57-39)41(43,44)42(45,46)55-28-13-8-24(9-14-28)18-19-49(3)23-37(52)48-25-10-15-29-33(20-25)40(56-38(29)53)31-16-11-26(50)21-35(31)54-36-22-27(51)12-17-32(36)40/h4-17,20-22,50-51H,18-19,23H2,1-3H3,(H,48,52)/p+2. The molecule has 0 bridgehead atoms. The number of fused-ring (bicyclic) bond motifs is 7. The molecule has 5 aromatic rings. The molecule has 10 nitrogen and oxygen atoms in total. The normalized spacial score (nSPS) is 17.1. The minimum absolute atomic E-state index is 0.0504. The molecule has 3 heterocycles. The van der Waals surface area contributed by atoms with Crippen molar-refractivity contribution in [2.45, 2.75) is 41.5 Å². The summed E-state index contributed by atoms with van der Waals surface area (Å²) in [6, 6.07) is 25.5. The van der Waals surface area contributed by atoms with Crippen LogP contribution in [0.4, 0.5) is 23.2 Å². The number of alkyl halides is 5. The molecule has 15 heteroatoms. The van der Waals surface area contributed by atoms with Crippen LogP contribution in [-0.4, -0.2) is 55.3 Å². The van der Waals surface area contributed by atoms with Crippen LogP contribution in [0, 0.1) is 3.57 Å². The molecular weight excluding hydrogens is 863 g/mol. The molecule has 1 unspecified atom stereocenters. The molecule has 0 aliphatic carbocycles. The molecule has 1 atom stereocenters. The molecule has 3 aliphatic rings. The van der Waals surface area contributed by atoms with Gasteiger partial charge in [0.2, 0.25) is 0 Å². The Bertz CT molecular complexity index is 2370. The second-order valence-corrected chi connectivity index (χ2v) is 19.1. The van der Waals surface area contributed by atoms with Gasteiger partial charge in [-0.1, -0.05) is 0 Å². The number of carbonyl (C=O) groups excluding carboxylic acids is 2. The smallest absolute Gasteiger partial charge is 0.508 e. The van der Waals surface area contributed by atoms with Crippen molar-refractivity contribution in [3.8, 4) is 28.7 Å². The van der Waals surface area contributed by atoms with Gasteiger partial charge >= 0.3 is 187 Å². The molecule has 57 heavy (non-hydrogen) atoms. The van der Waals surface area contributed by atoms with E-state index in [9.17, 15) is 19.8 Å². The average molecular weight is 901 g/mol. The van der Waals surface area contributed by atoms with Crippen LogP contribution in [0.1, 0.15) is 52.0 Å². The number of rotatable bonds is 10. The minimum atomic E-state index is -4.79. The minimum Gasteiger partial charge on any atom is -0.508 e.